The van der Waals surface area contributed by atoms with Gasteiger partial charge in [-0.3, -0.25) is 9.58 Å². The van der Waals surface area contributed by atoms with Gasteiger partial charge in [0.05, 0.1) is 18.8 Å². The summed E-state index contributed by atoms with van der Waals surface area (Å²) in [6.07, 6.45) is 11.1. The van der Waals surface area contributed by atoms with Crippen LogP contribution in [0.3, 0.4) is 0 Å². The first-order valence-corrected chi connectivity index (χ1v) is 7.10. The Morgan fingerprint density at radius 2 is 2.37 bits per heavy atom. The van der Waals surface area contributed by atoms with E-state index >= 15 is 0 Å². The number of rotatable bonds is 9. The zero-order chi connectivity index (χ0) is 13.5. The molecule has 1 aliphatic carbocycles. The Balaban J connectivity index is 1.73. The highest BCUT2D eigenvalue weighted by atomic mass is 15.4. The molecule has 1 N–H and O–H groups in total. The van der Waals surface area contributed by atoms with E-state index in [1.54, 1.807) is 0 Å². The van der Waals surface area contributed by atoms with E-state index in [4.69, 9.17) is 6.42 Å². The van der Waals surface area contributed by atoms with Crippen molar-refractivity contribution < 1.29 is 0 Å². The van der Waals surface area contributed by atoms with Crippen molar-refractivity contribution in [2.45, 2.75) is 45.3 Å². The van der Waals surface area contributed by atoms with Crippen molar-refractivity contribution in [3.05, 3.63) is 11.9 Å². The zero-order valence-corrected chi connectivity index (χ0v) is 11.7. The van der Waals surface area contributed by atoms with Gasteiger partial charge in [0.25, 0.3) is 0 Å². The van der Waals surface area contributed by atoms with Gasteiger partial charge in [0.1, 0.15) is 0 Å². The molecule has 1 aliphatic rings. The minimum atomic E-state index is 0.707. The molecule has 5 nitrogen and oxygen atoms in total. The molecule has 1 aromatic rings. The molecule has 19 heavy (non-hydrogen) atoms. The van der Waals surface area contributed by atoms with Crippen LogP contribution in [0.15, 0.2) is 6.20 Å². The van der Waals surface area contributed by atoms with Crippen LogP contribution in [0.2, 0.25) is 0 Å². The van der Waals surface area contributed by atoms with E-state index in [2.05, 4.69) is 33.4 Å². The summed E-state index contributed by atoms with van der Waals surface area (Å²) in [5.41, 5.74) is 1.02. The Bertz CT molecular complexity index is 416. The summed E-state index contributed by atoms with van der Waals surface area (Å²) in [4.78, 5) is 2.27. The highest BCUT2D eigenvalue weighted by molar-refractivity contribution is 4.94. The monoisotopic (exact) mass is 261 g/mol. The van der Waals surface area contributed by atoms with Crippen molar-refractivity contribution in [3.63, 3.8) is 0 Å². The molecule has 0 atom stereocenters. The number of aromatic nitrogens is 3. The molecule has 0 aliphatic heterocycles. The number of nitrogens with one attached hydrogen (secondary N) is 1. The number of hydrogen-bond donors (Lipinski definition) is 1. The van der Waals surface area contributed by atoms with Crippen molar-refractivity contribution in [2.75, 3.05) is 19.6 Å². The molecular formula is C14H23N5. The highest BCUT2D eigenvalue weighted by Crippen LogP contribution is 2.18. The molecule has 0 radical (unpaired) electrons. The van der Waals surface area contributed by atoms with Gasteiger partial charge >= 0.3 is 0 Å². The van der Waals surface area contributed by atoms with Gasteiger partial charge in [-0.25, -0.2) is 0 Å². The second kappa shape index (κ2) is 7.27. The minimum Gasteiger partial charge on any atom is -0.308 e. The van der Waals surface area contributed by atoms with Crippen molar-refractivity contribution in [2.24, 2.45) is 0 Å². The van der Waals surface area contributed by atoms with Crippen LogP contribution in [0.25, 0.3) is 0 Å². The van der Waals surface area contributed by atoms with E-state index in [1.165, 1.54) is 12.8 Å². The van der Waals surface area contributed by atoms with Gasteiger partial charge < -0.3 is 5.32 Å². The van der Waals surface area contributed by atoms with E-state index in [0.717, 1.165) is 38.3 Å². The summed E-state index contributed by atoms with van der Waals surface area (Å²) in [5.74, 6) is 2.70. The predicted octanol–water partition coefficient (Wildman–Crippen LogP) is 0.875. The summed E-state index contributed by atoms with van der Waals surface area (Å²) < 4.78 is 1.91. The van der Waals surface area contributed by atoms with E-state index in [-0.39, 0.29) is 0 Å². The van der Waals surface area contributed by atoms with E-state index < -0.39 is 0 Å². The Morgan fingerprint density at radius 3 is 3.05 bits per heavy atom. The molecule has 0 amide bonds. The molecule has 1 saturated carbocycles. The molecule has 1 heterocycles. The van der Waals surface area contributed by atoms with E-state index in [0.29, 0.717) is 12.6 Å². The molecule has 2 rings (SSSR count). The molecule has 1 fully saturated rings. The molecule has 0 bridgehead atoms. The molecule has 0 unspecified atom stereocenters. The molecule has 0 saturated heterocycles. The summed E-state index contributed by atoms with van der Waals surface area (Å²) in [5, 5.41) is 11.8. The fraction of sp³-hybridized carbons (Fsp3) is 0.714. The van der Waals surface area contributed by atoms with Gasteiger partial charge in [-0.1, -0.05) is 18.1 Å². The fourth-order valence-electron chi connectivity index (χ4n) is 2.02. The van der Waals surface area contributed by atoms with Crippen molar-refractivity contribution in [3.8, 4) is 12.3 Å². The van der Waals surface area contributed by atoms with Crippen molar-refractivity contribution in [1.29, 1.82) is 0 Å². The molecule has 0 aromatic carbocycles. The summed E-state index contributed by atoms with van der Waals surface area (Å²) in [6.45, 7) is 6.51. The number of terminal acetylenes is 1. The van der Waals surface area contributed by atoms with E-state index in [1.807, 2.05) is 10.9 Å². The van der Waals surface area contributed by atoms with Crippen LogP contribution in [-0.4, -0.2) is 45.6 Å². The Kier molecular flexibility index (Phi) is 5.37. The van der Waals surface area contributed by atoms with Crippen LogP contribution in [0.4, 0.5) is 0 Å². The van der Waals surface area contributed by atoms with Gasteiger partial charge in [-0.2, -0.15) is 0 Å². The van der Waals surface area contributed by atoms with Crippen molar-refractivity contribution in [1.82, 2.24) is 25.2 Å². The zero-order valence-electron chi connectivity index (χ0n) is 11.7. The molecule has 1 aromatic heterocycles. The normalized spacial score (nSPS) is 14.8. The molecular weight excluding hydrogens is 238 g/mol. The maximum atomic E-state index is 5.37. The predicted molar refractivity (Wildman–Crippen MR) is 75.4 cm³/mol. The molecule has 0 spiro atoms. The second-order valence-corrected chi connectivity index (χ2v) is 5.11. The lowest BCUT2D eigenvalue weighted by Gasteiger charge is -2.18. The number of nitrogens with zero attached hydrogens (tertiary/aromatic N) is 4. The average molecular weight is 261 g/mol. The third kappa shape index (κ3) is 5.01. The molecule has 104 valence electrons. The number of hydrogen-bond acceptors (Lipinski definition) is 4. The summed E-state index contributed by atoms with van der Waals surface area (Å²) in [7, 11) is 0. The second-order valence-electron chi connectivity index (χ2n) is 5.11. The quantitative estimate of drug-likeness (QED) is 0.670. The maximum Gasteiger partial charge on any atom is 0.0964 e. The topological polar surface area (TPSA) is 46.0 Å². The highest BCUT2D eigenvalue weighted by Gasteiger charge is 2.20. The van der Waals surface area contributed by atoms with E-state index in [9.17, 15) is 0 Å². The minimum absolute atomic E-state index is 0.707. The van der Waals surface area contributed by atoms with Gasteiger partial charge in [-0.15, -0.1) is 11.5 Å². The standard InChI is InChI=1S/C14H23N5/c1-3-7-18(8-4-2)9-10-19-12-14(16-17-19)11-15-13-5-6-13/h1,12-13,15H,4-11H2,2H3. The SMILES string of the molecule is C#CCN(CCC)CCn1cc(CNC2CC2)nn1. The lowest BCUT2D eigenvalue weighted by molar-refractivity contribution is 0.287. The largest absolute Gasteiger partial charge is 0.308 e. The summed E-state index contributed by atoms with van der Waals surface area (Å²) >= 11 is 0. The lowest BCUT2D eigenvalue weighted by atomic mass is 10.4. The van der Waals surface area contributed by atoms with Crippen LogP contribution in [0.1, 0.15) is 31.9 Å². The average Bonchev–Trinajstić information content (AvgIpc) is 3.13. The third-order valence-electron chi connectivity index (χ3n) is 3.24. The first-order chi connectivity index (χ1) is 9.31. The molecule has 5 heteroatoms. The van der Waals surface area contributed by atoms with Crippen LogP contribution >= 0.6 is 0 Å². The van der Waals surface area contributed by atoms with Crippen LogP contribution in [0, 0.1) is 12.3 Å². The Labute approximate surface area is 115 Å². The fourth-order valence-corrected chi connectivity index (χ4v) is 2.02. The van der Waals surface area contributed by atoms with Crippen LogP contribution in [0.5, 0.6) is 0 Å². The first kappa shape index (κ1) is 14.0. The van der Waals surface area contributed by atoms with Crippen LogP contribution < -0.4 is 5.32 Å². The van der Waals surface area contributed by atoms with Crippen molar-refractivity contribution >= 4 is 0 Å². The Morgan fingerprint density at radius 1 is 1.53 bits per heavy atom. The first-order valence-electron chi connectivity index (χ1n) is 7.10. The Hall–Kier alpha value is -1.38. The van der Waals surface area contributed by atoms with Gasteiger partial charge in [0, 0.05) is 25.3 Å². The summed E-state index contributed by atoms with van der Waals surface area (Å²) in [6, 6.07) is 0.709. The lowest BCUT2D eigenvalue weighted by Crippen LogP contribution is -2.29. The van der Waals surface area contributed by atoms with Crippen LogP contribution in [-0.2, 0) is 13.1 Å². The van der Waals surface area contributed by atoms with Gasteiger partial charge in [-0.05, 0) is 25.8 Å². The van der Waals surface area contributed by atoms with Gasteiger partial charge in [0.15, 0.2) is 0 Å². The van der Waals surface area contributed by atoms with Gasteiger partial charge in [0.2, 0.25) is 0 Å². The third-order valence-corrected chi connectivity index (χ3v) is 3.24. The smallest absolute Gasteiger partial charge is 0.0964 e. The maximum absolute atomic E-state index is 5.37.